The van der Waals surface area contributed by atoms with Gasteiger partial charge < -0.3 is 0 Å². The number of rotatable bonds is 1. The molecule has 0 saturated carbocycles. The molecule has 2 aliphatic rings. The Morgan fingerprint density at radius 1 is 1.06 bits per heavy atom. The third kappa shape index (κ3) is 1.71. The van der Waals surface area contributed by atoms with Crippen LogP contribution in [-0.4, -0.2) is 11.5 Å². The van der Waals surface area contributed by atoms with E-state index in [0.29, 0.717) is 5.92 Å². The fraction of sp³-hybridized carbons (Fsp3) is 0.467. The highest BCUT2D eigenvalue weighted by Gasteiger charge is 2.38. The van der Waals surface area contributed by atoms with Gasteiger partial charge in [0.2, 0.25) is 0 Å². The molecule has 0 unspecified atom stereocenters. The normalized spacial score (nSPS) is 37.3. The van der Waals surface area contributed by atoms with Gasteiger partial charge in [0, 0.05) is 0 Å². The maximum atomic E-state index is 2.47. The van der Waals surface area contributed by atoms with Crippen molar-refractivity contribution in [3.63, 3.8) is 0 Å². The summed E-state index contributed by atoms with van der Waals surface area (Å²) in [4.78, 5) is 0. The van der Waals surface area contributed by atoms with Gasteiger partial charge in [-0.2, -0.15) is 11.8 Å². The maximum absolute atomic E-state index is 2.47. The molecule has 1 aliphatic heterocycles. The van der Waals surface area contributed by atoms with Crippen molar-refractivity contribution >= 4 is 11.8 Å². The summed E-state index contributed by atoms with van der Waals surface area (Å²) in [6.45, 7) is 2.37. The summed E-state index contributed by atoms with van der Waals surface area (Å²) in [6.07, 6.45) is 4.90. The van der Waals surface area contributed by atoms with Crippen LogP contribution in [0.2, 0.25) is 0 Å². The third-order valence-electron chi connectivity index (χ3n) is 4.04. The molecule has 1 aliphatic carbocycles. The molecule has 84 valence electrons. The van der Waals surface area contributed by atoms with E-state index in [2.05, 4.69) is 61.2 Å². The Bertz CT molecular complexity index is 382. The Labute approximate surface area is 102 Å². The quantitative estimate of drug-likeness (QED) is 0.658. The summed E-state index contributed by atoms with van der Waals surface area (Å²) in [5.41, 5.74) is 1.54. The van der Waals surface area contributed by atoms with Gasteiger partial charge in [-0.05, 0) is 40.7 Å². The van der Waals surface area contributed by atoms with E-state index in [9.17, 15) is 0 Å². The lowest BCUT2D eigenvalue weighted by atomic mass is 9.69. The molecule has 0 amide bonds. The molecule has 0 N–H and O–H groups in total. The maximum Gasteiger partial charge on any atom is -0.000116 e. The zero-order valence-electron chi connectivity index (χ0n) is 9.67. The lowest BCUT2D eigenvalue weighted by Gasteiger charge is -2.34. The Morgan fingerprint density at radius 2 is 1.88 bits per heavy atom. The first-order valence-electron chi connectivity index (χ1n) is 6.17. The lowest BCUT2D eigenvalue weighted by Crippen LogP contribution is -2.27. The molecule has 0 spiro atoms. The number of thioether (sulfide) groups is 1. The number of benzene rings is 1. The minimum Gasteiger partial charge on any atom is -0.161 e. The van der Waals surface area contributed by atoms with Gasteiger partial charge in [-0.25, -0.2) is 0 Å². The smallest absolute Gasteiger partial charge is 0.000116 e. The van der Waals surface area contributed by atoms with Crippen LogP contribution in [0.3, 0.4) is 0 Å². The molecule has 3 rings (SSSR count). The molecular weight excluding hydrogens is 212 g/mol. The zero-order chi connectivity index (χ0) is 11.0. The number of hydrogen-bond acceptors (Lipinski definition) is 1. The van der Waals surface area contributed by atoms with Crippen LogP contribution in [0, 0.1) is 17.8 Å². The molecule has 16 heavy (non-hydrogen) atoms. The van der Waals surface area contributed by atoms with Crippen molar-refractivity contribution in [2.75, 3.05) is 11.5 Å². The van der Waals surface area contributed by atoms with E-state index in [1.54, 1.807) is 0 Å². The summed E-state index contributed by atoms with van der Waals surface area (Å²) in [7, 11) is 0. The van der Waals surface area contributed by atoms with Crippen molar-refractivity contribution in [1.29, 1.82) is 0 Å². The molecule has 0 nitrogen and oxygen atoms in total. The minimum atomic E-state index is 0.697. The second-order valence-electron chi connectivity index (χ2n) is 5.05. The van der Waals surface area contributed by atoms with Gasteiger partial charge in [-0.15, -0.1) is 0 Å². The van der Waals surface area contributed by atoms with Crippen LogP contribution in [0.4, 0.5) is 0 Å². The third-order valence-corrected chi connectivity index (χ3v) is 5.29. The molecule has 1 aromatic carbocycles. The fourth-order valence-corrected chi connectivity index (χ4v) is 4.70. The van der Waals surface area contributed by atoms with Gasteiger partial charge in [0.1, 0.15) is 0 Å². The van der Waals surface area contributed by atoms with E-state index in [-0.39, 0.29) is 0 Å². The van der Waals surface area contributed by atoms with Gasteiger partial charge >= 0.3 is 0 Å². The summed E-state index contributed by atoms with van der Waals surface area (Å²) in [5.74, 6) is 5.81. The highest BCUT2D eigenvalue weighted by molar-refractivity contribution is 7.99. The molecule has 1 heterocycles. The van der Waals surface area contributed by atoms with E-state index in [1.807, 2.05) is 0 Å². The minimum absolute atomic E-state index is 0.697. The molecule has 0 radical (unpaired) electrons. The summed E-state index contributed by atoms with van der Waals surface area (Å²) in [5, 5.41) is 0. The van der Waals surface area contributed by atoms with Crippen LogP contribution in [0.5, 0.6) is 0 Å². The first-order valence-corrected chi connectivity index (χ1v) is 7.33. The van der Waals surface area contributed by atoms with Gasteiger partial charge in [-0.3, -0.25) is 0 Å². The number of allylic oxidation sites excluding steroid dienone is 2. The Hall–Kier alpha value is -0.690. The van der Waals surface area contributed by atoms with E-state index >= 15 is 0 Å². The molecule has 4 atom stereocenters. The SMILES string of the molecule is C[C@H]1C=C[C@@H]2CSC[C@H]2[C@H]1c1ccccc1. The lowest BCUT2D eigenvalue weighted by molar-refractivity contribution is 0.326. The van der Waals surface area contributed by atoms with Crippen molar-refractivity contribution < 1.29 is 0 Å². The molecule has 1 fully saturated rings. The largest absolute Gasteiger partial charge is 0.161 e. The van der Waals surface area contributed by atoms with Crippen LogP contribution >= 0.6 is 11.8 Å². The second-order valence-corrected chi connectivity index (χ2v) is 6.12. The van der Waals surface area contributed by atoms with Gasteiger partial charge in [0.25, 0.3) is 0 Å². The summed E-state index contributed by atoms with van der Waals surface area (Å²) in [6, 6.07) is 11.1. The first kappa shape index (κ1) is 10.5. The van der Waals surface area contributed by atoms with Gasteiger partial charge in [0.15, 0.2) is 0 Å². The summed E-state index contributed by atoms with van der Waals surface area (Å²) < 4.78 is 0. The molecule has 0 bridgehead atoms. The topological polar surface area (TPSA) is 0 Å². The van der Waals surface area contributed by atoms with Crippen molar-refractivity contribution in [3.05, 3.63) is 48.0 Å². The van der Waals surface area contributed by atoms with Crippen LogP contribution < -0.4 is 0 Å². The second kappa shape index (κ2) is 4.29. The van der Waals surface area contributed by atoms with E-state index < -0.39 is 0 Å². The predicted octanol–water partition coefficient (Wildman–Crippen LogP) is 3.96. The predicted molar refractivity (Wildman–Crippen MR) is 71.8 cm³/mol. The van der Waals surface area contributed by atoms with Crippen LogP contribution in [0.25, 0.3) is 0 Å². The summed E-state index contributed by atoms with van der Waals surface area (Å²) >= 11 is 2.13. The van der Waals surface area contributed by atoms with Crippen molar-refractivity contribution in [2.45, 2.75) is 12.8 Å². The van der Waals surface area contributed by atoms with Crippen LogP contribution in [-0.2, 0) is 0 Å². The van der Waals surface area contributed by atoms with E-state index in [0.717, 1.165) is 17.8 Å². The number of hydrogen-bond donors (Lipinski definition) is 0. The van der Waals surface area contributed by atoms with Gasteiger partial charge in [0.05, 0.1) is 0 Å². The van der Waals surface area contributed by atoms with E-state index in [4.69, 9.17) is 0 Å². The molecule has 1 heteroatoms. The first-order chi connectivity index (χ1) is 7.86. The van der Waals surface area contributed by atoms with Crippen LogP contribution in [0.15, 0.2) is 42.5 Å². The highest BCUT2D eigenvalue weighted by Crippen LogP contribution is 2.47. The number of fused-ring (bicyclic) bond motifs is 1. The Kier molecular flexibility index (Phi) is 2.81. The Morgan fingerprint density at radius 3 is 2.69 bits per heavy atom. The van der Waals surface area contributed by atoms with Crippen molar-refractivity contribution in [1.82, 2.24) is 0 Å². The van der Waals surface area contributed by atoms with Crippen LogP contribution in [0.1, 0.15) is 18.4 Å². The van der Waals surface area contributed by atoms with Crippen molar-refractivity contribution in [2.24, 2.45) is 17.8 Å². The average molecular weight is 230 g/mol. The fourth-order valence-electron chi connectivity index (χ4n) is 3.21. The zero-order valence-corrected chi connectivity index (χ0v) is 10.5. The monoisotopic (exact) mass is 230 g/mol. The van der Waals surface area contributed by atoms with Gasteiger partial charge in [-0.1, -0.05) is 49.4 Å². The standard InChI is InChI=1S/C15H18S/c1-11-7-8-13-9-16-10-14(13)15(11)12-5-3-2-4-6-12/h2-8,11,13-15H,9-10H2,1H3/t11-,13+,14+,15+/m0/s1. The van der Waals surface area contributed by atoms with Crippen molar-refractivity contribution in [3.8, 4) is 0 Å². The highest BCUT2D eigenvalue weighted by atomic mass is 32.2. The molecule has 1 aromatic rings. The Balaban J connectivity index is 1.96. The molecule has 1 saturated heterocycles. The average Bonchev–Trinajstić information content (AvgIpc) is 2.78. The molecule has 0 aromatic heterocycles. The molecular formula is C15H18S. The van der Waals surface area contributed by atoms with E-state index in [1.165, 1.54) is 17.1 Å².